The van der Waals surface area contributed by atoms with Crippen molar-refractivity contribution >= 4 is 29.6 Å². The number of methoxy groups -OCH3 is 1. The molecule has 0 aromatic carbocycles. The molecule has 0 radical (unpaired) electrons. The number of hydroxylamine groups is 2. The number of aliphatic hydroxyl groups is 4. The number of hydrogen-bond donors (Lipinski definition) is 6. The number of rotatable bonds is 15. The quantitative estimate of drug-likeness (QED) is 0.0235. The molecule has 10 rings (SSSR count). The number of ether oxygens (including phenoxy) is 13. The Kier molecular flexibility index (Phi) is 22.9. The average molecular weight is 1350 g/mol. The van der Waals surface area contributed by atoms with Crippen LogP contribution in [0.3, 0.4) is 0 Å². The Hall–Kier alpha value is -4.85. The number of nitrogens with one attached hydrogen (secondary N) is 1. The zero-order valence-electron chi connectivity index (χ0n) is 57.6. The van der Waals surface area contributed by atoms with Crippen LogP contribution in [-0.2, 0) is 80.8 Å². The topological polar surface area (TPSA) is 345 Å². The second-order valence-corrected chi connectivity index (χ2v) is 29.1. The van der Waals surface area contributed by atoms with Crippen LogP contribution in [-0.4, -0.2) is 202 Å². The van der Waals surface area contributed by atoms with Gasteiger partial charge in [-0.1, -0.05) is 62.8 Å². The van der Waals surface area contributed by atoms with Crippen LogP contribution in [0.1, 0.15) is 154 Å². The lowest BCUT2D eigenvalue weighted by molar-refractivity contribution is -0.331. The third kappa shape index (κ3) is 15.0. The van der Waals surface area contributed by atoms with Crippen LogP contribution < -0.4 is 5.32 Å². The third-order valence-electron chi connectivity index (χ3n) is 22.1. The van der Waals surface area contributed by atoms with Crippen molar-refractivity contribution in [1.82, 2.24) is 10.5 Å². The van der Waals surface area contributed by atoms with Gasteiger partial charge in [0.15, 0.2) is 48.9 Å². The van der Waals surface area contributed by atoms with Gasteiger partial charge in [-0.15, -0.1) is 0 Å². The summed E-state index contributed by atoms with van der Waals surface area (Å²) in [6, 6.07) is -1.06. The van der Waals surface area contributed by atoms with Crippen molar-refractivity contribution in [1.29, 1.82) is 0 Å². The monoisotopic (exact) mass is 1350 g/mol. The number of alkyl carbamates (subject to hydrolysis) is 1. The third-order valence-corrected chi connectivity index (χ3v) is 22.1. The fourth-order valence-electron chi connectivity index (χ4n) is 17.2. The van der Waals surface area contributed by atoms with Crippen molar-refractivity contribution in [2.75, 3.05) is 7.11 Å². The first-order chi connectivity index (χ1) is 45.3. The highest BCUT2D eigenvalue weighted by Gasteiger charge is 2.65. The molecule has 96 heavy (non-hydrogen) atoms. The first kappa shape index (κ1) is 73.9. The number of esters is 2. The van der Waals surface area contributed by atoms with E-state index in [2.05, 4.69) is 25.2 Å². The normalized spacial score (nSPS) is 45.4. The Morgan fingerprint density at radius 2 is 1.34 bits per heavy atom. The SMILES string of the molecule is COC(=O)NC1C(C)OC(OC2CC=C(C)C3C=CC4C(OC5CC(OC6CCC(OC7CC(O)C(OC8CCC(O)C(C)O8)C(C)O7)C(C)O6)C(OC(C)=O)C(C)O5)C(C)CC(C)C4C3(C)C(O)=C3C(=O)OC4(CC(C=CC(C)=O)=CC(O)C4C=C2C)C3=O)CC1(C)N([O-])O. The molecule has 536 valence electrons. The number of carbonyl (C=O) groups is 5. The summed E-state index contributed by atoms with van der Waals surface area (Å²) in [7, 11) is 1.17. The molecule has 26 heteroatoms. The first-order valence-electron chi connectivity index (χ1n) is 34.2. The lowest BCUT2D eigenvalue weighted by atomic mass is 9.49. The molecule has 6 N–H and O–H groups in total. The van der Waals surface area contributed by atoms with Crippen molar-refractivity contribution in [3.05, 3.63) is 75.8 Å². The molecule has 6 saturated heterocycles. The minimum atomic E-state index is -2.14. The van der Waals surface area contributed by atoms with Crippen LogP contribution in [0.15, 0.2) is 70.6 Å². The largest absolute Gasteiger partial charge is 0.762 e. The van der Waals surface area contributed by atoms with Gasteiger partial charge in [0, 0.05) is 62.7 Å². The summed E-state index contributed by atoms with van der Waals surface area (Å²) in [5, 5.41) is 73.1. The van der Waals surface area contributed by atoms with E-state index in [1.807, 2.05) is 39.8 Å². The smallest absolute Gasteiger partial charge is 0.407 e. The highest BCUT2D eigenvalue weighted by molar-refractivity contribution is 6.26. The lowest BCUT2D eigenvalue weighted by Gasteiger charge is -2.56. The van der Waals surface area contributed by atoms with Gasteiger partial charge in [-0.3, -0.25) is 19.6 Å². The van der Waals surface area contributed by atoms with Gasteiger partial charge < -0.3 is 97.7 Å². The zero-order chi connectivity index (χ0) is 69.8. The Morgan fingerprint density at radius 3 is 2.00 bits per heavy atom. The van der Waals surface area contributed by atoms with Gasteiger partial charge in [0.25, 0.3) is 0 Å². The van der Waals surface area contributed by atoms with Crippen molar-refractivity contribution in [3.8, 4) is 0 Å². The number of amides is 1. The van der Waals surface area contributed by atoms with Crippen LogP contribution in [0, 0.1) is 46.1 Å². The second kappa shape index (κ2) is 29.8. The summed E-state index contributed by atoms with van der Waals surface area (Å²) < 4.78 is 82.0. The van der Waals surface area contributed by atoms with E-state index in [0.717, 1.165) is 5.57 Å². The van der Waals surface area contributed by atoms with E-state index in [1.165, 1.54) is 46.1 Å². The Bertz CT molecular complexity index is 3040. The predicted molar refractivity (Wildman–Crippen MR) is 339 cm³/mol. The van der Waals surface area contributed by atoms with Gasteiger partial charge in [-0.05, 0) is 123 Å². The van der Waals surface area contributed by atoms with Crippen LogP contribution in [0.25, 0.3) is 0 Å². The van der Waals surface area contributed by atoms with Gasteiger partial charge >= 0.3 is 18.0 Å². The molecule has 0 aromatic heterocycles. The van der Waals surface area contributed by atoms with E-state index >= 15 is 4.79 Å². The van der Waals surface area contributed by atoms with E-state index in [9.17, 15) is 50.0 Å². The van der Waals surface area contributed by atoms with E-state index in [4.69, 9.17) is 61.6 Å². The molecule has 6 aliphatic heterocycles. The summed E-state index contributed by atoms with van der Waals surface area (Å²) in [4.78, 5) is 68.3. The van der Waals surface area contributed by atoms with Gasteiger partial charge in [-0.25, -0.2) is 9.59 Å². The fourth-order valence-corrected chi connectivity index (χ4v) is 17.2. The first-order valence-corrected chi connectivity index (χ1v) is 34.2. The molecule has 29 unspecified atom stereocenters. The summed E-state index contributed by atoms with van der Waals surface area (Å²) in [5.41, 5.74) is -4.30. The molecule has 29 atom stereocenters. The van der Waals surface area contributed by atoms with Gasteiger partial charge in [-0.2, -0.15) is 0 Å². The maximum absolute atomic E-state index is 15.8. The highest BCUT2D eigenvalue weighted by Crippen LogP contribution is 2.61. The van der Waals surface area contributed by atoms with E-state index in [1.54, 1.807) is 33.8 Å². The number of Topliss-reactive ketones (excluding diaryl/α,β-unsaturated/α-hetero) is 1. The molecule has 1 spiro atoms. The second-order valence-electron chi connectivity index (χ2n) is 29.1. The van der Waals surface area contributed by atoms with Crippen LogP contribution in [0.4, 0.5) is 4.79 Å². The van der Waals surface area contributed by atoms with E-state index < -0.39 is 198 Å². The number of carbonyl (C=O) groups excluding carboxylic acids is 5. The molecule has 4 aliphatic carbocycles. The molecule has 26 nitrogen and oxygen atoms in total. The van der Waals surface area contributed by atoms with Gasteiger partial charge in [0.2, 0.25) is 5.78 Å². The summed E-state index contributed by atoms with van der Waals surface area (Å²) in [6.07, 6.45) is -1.15. The average Bonchev–Trinajstić information content (AvgIpc) is 1.48. The summed E-state index contributed by atoms with van der Waals surface area (Å²) >= 11 is 0. The number of ketones is 2. The fraction of sp³-hybridized carbons (Fsp3) is 0.757. The maximum Gasteiger partial charge on any atom is 0.407 e. The van der Waals surface area contributed by atoms with Crippen LogP contribution in [0.5, 0.6) is 0 Å². The highest BCUT2D eigenvalue weighted by atomic mass is 16.8. The van der Waals surface area contributed by atoms with Crippen molar-refractivity contribution in [3.63, 3.8) is 0 Å². The lowest BCUT2D eigenvalue weighted by Crippen LogP contribution is -2.67. The van der Waals surface area contributed by atoms with E-state index in [-0.39, 0.29) is 54.9 Å². The molecule has 1 saturated carbocycles. The maximum atomic E-state index is 15.8. The van der Waals surface area contributed by atoms with Crippen molar-refractivity contribution in [2.45, 2.75) is 288 Å². The number of aliphatic hydroxyl groups excluding tert-OH is 4. The minimum Gasteiger partial charge on any atom is -0.762 e. The number of hydrogen-bond acceptors (Lipinski definition) is 25. The summed E-state index contributed by atoms with van der Waals surface area (Å²) in [6.45, 7) is 22.6. The number of nitrogens with zero attached hydrogens (tertiary/aromatic N) is 1. The molecule has 10 aliphatic rings. The number of fused-ring (bicyclic) bond motifs is 4. The minimum absolute atomic E-state index is 0.113. The molecule has 7 fully saturated rings. The van der Waals surface area contributed by atoms with Crippen molar-refractivity contribution in [2.24, 2.45) is 40.9 Å². The Balaban J connectivity index is 0.919. The Labute approximate surface area is 561 Å². The molecule has 0 aromatic rings. The van der Waals surface area contributed by atoms with Crippen molar-refractivity contribution < 1.29 is 111 Å². The molecular formula is C70H101N2O24-. The van der Waals surface area contributed by atoms with Crippen LogP contribution in [0.2, 0.25) is 0 Å². The number of allylic oxidation sites excluding steroid dienone is 5. The molecule has 1 amide bonds. The Morgan fingerprint density at radius 1 is 0.708 bits per heavy atom. The van der Waals surface area contributed by atoms with E-state index in [0.29, 0.717) is 43.3 Å². The standard InChI is InChI=1S/C70H101N2O24/c1-32-15-21-50(91-57-31-68(12,72(82)83)63(41(10)89-57)71-67(81)84-14)33(2)26-46-48(76)27-43(17-16-36(5)73)30-70(46)65(79)58(66(80)96-70)64(78)69(13)45(32)19-18-44-59(69)34(3)25-35(4)60(44)95-56-29-52(62(40(9)88-56)90-42(11)74)93-53-24-22-51(38(7)86-53)92-55-28-49(77)61(39(8)87-55)94-54-23-20-47(75)37(6)85-54/h15-19,26-27,34-35,37-41,44-57,59-63,75-78,82H,20-25,28-31H2,1-14H3,(H,71,81)/q-1. The summed E-state index contributed by atoms with van der Waals surface area (Å²) in [5.74, 6) is -6.57. The van der Waals surface area contributed by atoms with Gasteiger partial charge in [0.1, 0.15) is 23.5 Å². The molecule has 2 bridgehead atoms. The predicted octanol–water partition coefficient (Wildman–Crippen LogP) is 7.22. The van der Waals surface area contributed by atoms with Gasteiger partial charge in [0.05, 0.1) is 91.8 Å². The molecular weight excluding hydrogens is 1250 g/mol. The van der Waals surface area contributed by atoms with Crippen LogP contribution >= 0.6 is 0 Å². The zero-order valence-corrected chi connectivity index (χ0v) is 57.6. The molecule has 6 heterocycles.